The smallest absolute Gasteiger partial charge is 0.220 e. The summed E-state index contributed by atoms with van der Waals surface area (Å²) in [5, 5.41) is 0. The molecule has 0 bridgehead atoms. The molecule has 0 radical (unpaired) electrons. The highest BCUT2D eigenvalue weighted by molar-refractivity contribution is 5.66. The molecule has 2 aromatic heterocycles. The molecular weight excluding hydrogens is 272 g/mol. The lowest BCUT2D eigenvalue weighted by Gasteiger charge is -2.06. The average Bonchev–Trinajstić information content (AvgIpc) is 2.97. The van der Waals surface area contributed by atoms with Gasteiger partial charge in [-0.15, -0.1) is 0 Å². The van der Waals surface area contributed by atoms with Gasteiger partial charge in [-0.3, -0.25) is 0 Å². The zero-order valence-corrected chi connectivity index (χ0v) is 12.9. The Morgan fingerprint density at radius 1 is 1.00 bits per heavy atom. The summed E-state index contributed by atoms with van der Waals surface area (Å²) in [6.07, 6.45) is 2.77. The molecule has 0 aliphatic heterocycles. The lowest BCUT2D eigenvalue weighted by molar-refractivity contribution is 0.647. The van der Waals surface area contributed by atoms with Crippen LogP contribution in [0, 0.1) is 5.92 Å². The molecule has 3 aromatic rings. The maximum Gasteiger partial charge on any atom is 0.220 e. The number of H-pyrrole nitrogens is 1. The largest absolute Gasteiger partial charge is 0.368 e. The van der Waals surface area contributed by atoms with Gasteiger partial charge in [-0.25, -0.2) is 9.97 Å². The van der Waals surface area contributed by atoms with E-state index in [1.165, 1.54) is 11.1 Å². The highest BCUT2D eigenvalue weighted by Crippen LogP contribution is 2.24. The maximum atomic E-state index is 5.63. The summed E-state index contributed by atoms with van der Waals surface area (Å²) >= 11 is 0. The fraction of sp³-hybridized carbons (Fsp3) is 0.222. The minimum Gasteiger partial charge on any atom is -0.368 e. The first-order valence-corrected chi connectivity index (χ1v) is 7.49. The van der Waals surface area contributed by atoms with E-state index in [1.54, 1.807) is 6.20 Å². The molecular formula is C18H20N4. The number of hydrogen-bond acceptors (Lipinski definition) is 3. The van der Waals surface area contributed by atoms with Crippen molar-refractivity contribution in [2.75, 3.05) is 5.73 Å². The van der Waals surface area contributed by atoms with Gasteiger partial charge in [-0.05, 0) is 41.7 Å². The minimum absolute atomic E-state index is 0.284. The summed E-state index contributed by atoms with van der Waals surface area (Å²) in [5.74, 6) is 0.956. The lowest BCUT2D eigenvalue weighted by Crippen LogP contribution is -1.95. The van der Waals surface area contributed by atoms with Crippen LogP contribution in [0.2, 0.25) is 0 Å². The molecule has 2 heterocycles. The van der Waals surface area contributed by atoms with Crippen molar-refractivity contribution in [1.82, 2.24) is 15.0 Å². The van der Waals surface area contributed by atoms with E-state index in [1.807, 2.05) is 12.1 Å². The molecule has 0 aliphatic rings. The van der Waals surface area contributed by atoms with Gasteiger partial charge in [0, 0.05) is 11.9 Å². The molecule has 3 N–H and O–H groups in total. The van der Waals surface area contributed by atoms with Crippen molar-refractivity contribution >= 4 is 5.95 Å². The summed E-state index contributed by atoms with van der Waals surface area (Å²) in [6.45, 7) is 4.47. The van der Waals surface area contributed by atoms with E-state index in [-0.39, 0.29) is 5.95 Å². The fourth-order valence-electron chi connectivity index (χ4n) is 2.53. The molecule has 0 fully saturated rings. The van der Waals surface area contributed by atoms with Crippen molar-refractivity contribution in [2.24, 2.45) is 5.92 Å². The monoisotopic (exact) mass is 292 g/mol. The number of hydrogen-bond donors (Lipinski definition) is 2. The van der Waals surface area contributed by atoms with Gasteiger partial charge in [0.25, 0.3) is 0 Å². The standard InChI is InChI=1S/C18H20N4/c1-12(2)11-13-3-5-14(6-4-13)15-7-8-16(21-15)17-9-10-20-18(19)22-17/h3-10,12,21H,11H2,1-2H3,(H2,19,20,22). The topological polar surface area (TPSA) is 67.6 Å². The quantitative estimate of drug-likeness (QED) is 0.766. The Kier molecular flexibility index (Phi) is 3.92. The molecule has 0 saturated carbocycles. The van der Waals surface area contributed by atoms with Crippen molar-refractivity contribution in [3.63, 3.8) is 0 Å². The van der Waals surface area contributed by atoms with Gasteiger partial charge in [0.05, 0.1) is 11.4 Å². The Morgan fingerprint density at radius 2 is 1.73 bits per heavy atom. The number of anilines is 1. The Bertz CT molecular complexity index is 757. The molecule has 4 heteroatoms. The normalized spacial score (nSPS) is 11.0. The molecule has 4 nitrogen and oxygen atoms in total. The highest BCUT2D eigenvalue weighted by atomic mass is 15.0. The van der Waals surface area contributed by atoms with Gasteiger partial charge in [-0.1, -0.05) is 38.1 Å². The van der Waals surface area contributed by atoms with Crippen molar-refractivity contribution in [2.45, 2.75) is 20.3 Å². The summed E-state index contributed by atoms with van der Waals surface area (Å²) in [7, 11) is 0. The van der Waals surface area contributed by atoms with Crippen LogP contribution in [0.3, 0.4) is 0 Å². The summed E-state index contributed by atoms with van der Waals surface area (Å²) in [4.78, 5) is 11.5. The SMILES string of the molecule is CC(C)Cc1ccc(-c2ccc(-c3ccnc(N)n3)[nH]2)cc1. The zero-order chi connectivity index (χ0) is 15.5. The van der Waals surface area contributed by atoms with Crippen LogP contribution in [-0.4, -0.2) is 15.0 Å². The molecule has 22 heavy (non-hydrogen) atoms. The van der Waals surface area contributed by atoms with Crippen LogP contribution in [0.5, 0.6) is 0 Å². The predicted octanol–water partition coefficient (Wildman–Crippen LogP) is 3.92. The van der Waals surface area contributed by atoms with E-state index in [2.05, 4.69) is 59.1 Å². The van der Waals surface area contributed by atoms with E-state index in [0.29, 0.717) is 5.92 Å². The molecule has 0 saturated heterocycles. The van der Waals surface area contributed by atoms with Crippen LogP contribution >= 0.6 is 0 Å². The second-order valence-corrected chi connectivity index (χ2v) is 5.88. The number of aromatic nitrogens is 3. The highest BCUT2D eigenvalue weighted by Gasteiger charge is 2.06. The zero-order valence-electron chi connectivity index (χ0n) is 12.9. The second kappa shape index (κ2) is 6.02. The van der Waals surface area contributed by atoms with Gasteiger partial charge >= 0.3 is 0 Å². The van der Waals surface area contributed by atoms with Gasteiger partial charge in [-0.2, -0.15) is 0 Å². The average molecular weight is 292 g/mol. The molecule has 0 amide bonds. The third-order valence-electron chi connectivity index (χ3n) is 3.55. The van der Waals surface area contributed by atoms with E-state index in [0.717, 1.165) is 23.5 Å². The first kappa shape index (κ1) is 14.3. The van der Waals surface area contributed by atoms with Crippen molar-refractivity contribution < 1.29 is 0 Å². The molecule has 112 valence electrons. The number of nitrogens with two attached hydrogens (primary N) is 1. The number of nitrogen functional groups attached to an aromatic ring is 1. The van der Waals surface area contributed by atoms with Crippen LogP contribution in [0.25, 0.3) is 22.6 Å². The van der Waals surface area contributed by atoms with Crippen LogP contribution in [0.15, 0.2) is 48.7 Å². The van der Waals surface area contributed by atoms with Crippen molar-refractivity contribution in [3.05, 3.63) is 54.2 Å². The number of aromatic amines is 1. The van der Waals surface area contributed by atoms with E-state index in [9.17, 15) is 0 Å². The molecule has 0 atom stereocenters. The van der Waals surface area contributed by atoms with Gasteiger partial charge in [0.2, 0.25) is 5.95 Å². The van der Waals surface area contributed by atoms with Crippen molar-refractivity contribution in [3.8, 4) is 22.6 Å². The van der Waals surface area contributed by atoms with Crippen molar-refractivity contribution in [1.29, 1.82) is 0 Å². The van der Waals surface area contributed by atoms with Gasteiger partial charge in [0.1, 0.15) is 0 Å². The number of nitrogens with one attached hydrogen (secondary N) is 1. The van der Waals surface area contributed by atoms with Crippen LogP contribution in [0.1, 0.15) is 19.4 Å². The molecule has 3 rings (SSSR count). The Balaban J connectivity index is 1.84. The fourth-order valence-corrected chi connectivity index (χ4v) is 2.53. The third kappa shape index (κ3) is 3.17. The van der Waals surface area contributed by atoms with Crippen LogP contribution in [0.4, 0.5) is 5.95 Å². The maximum absolute atomic E-state index is 5.63. The van der Waals surface area contributed by atoms with Gasteiger partial charge in [0.15, 0.2) is 0 Å². The van der Waals surface area contributed by atoms with E-state index >= 15 is 0 Å². The molecule has 0 unspecified atom stereocenters. The predicted molar refractivity (Wildman–Crippen MR) is 90.2 cm³/mol. The summed E-state index contributed by atoms with van der Waals surface area (Å²) < 4.78 is 0. The second-order valence-electron chi connectivity index (χ2n) is 5.88. The molecule has 1 aromatic carbocycles. The first-order valence-electron chi connectivity index (χ1n) is 7.49. The Labute approximate surface area is 130 Å². The number of benzene rings is 1. The summed E-state index contributed by atoms with van der Waals surface area (Å²) in [6, 6.07) is 14.6. The Morgan fingerprint density at radius 3 is 2.41 bits per heavy atom. The Hall–Kier alpha value is -2.62. The number of nitrogens with zero attached hydrogens (tertiary/aromatic N) is 2. The molecule has 0 spiro atoms. The molecule has 0 aliphatic carbocycles. The summed E-state index contributed by atoms with van der Waals surface area (Å²) in [5.41, 5.74) is 11.0. The first-order chi connectivity index (χ1) is 10.6. The van der Waals surface area contributed by atoms with E-state index in [4.69, 9.17) is 5.73 Å². The lowest BCUT2D eigenvalue weighted by atomic mass is 10.0. The minimum atomic E-state index is 0.284. The third-order valence-corrected chi connectivity index (χ3v) is 3.55. The van der Waals surface area contributed by atoms with Crippen LogP contribution < -0.4 is 5.73 Å². The van der Waals surface area contributed by atoms with Gasteiger partial charge < -0.3 is 10.7 Å². The number of rotatable bonds is 4. The van der Waals surface area contributed by atoms with Crippen LogP contribution in [-0.2, 0) is 6.42 Å². The van der Waals surface area contributed by atoms with E-state index < -0.39 is 0 Å².